The second-order valence-corrected chi connectivity index (χ2v) is 12.3. The summed E-state index contributed by atoms with van der Waals surface area (Å²) in [5, 5.41) is 19.2. The number of H-pyrrole nitrogens is 1. The van der Waals surface area contributed by atoms with Crippen molar-refractivity contribution in [1.29, 1.82) is 0 Å². The number of hydrogen-bond acceptors (Lipinski definition) is 7. The van der Waals surface area contributed by atoms with Crippen LogP contribution in [0.2, 0.25) is 0 Å². The van der Waals surface area contributed by atoms with Crippen molar-refractivity contribution in [2.24, 2.45) is 5.92 Å². The summed E-state index contributed by atoms with van der Waals surface area (Å²) in [7, 11) is 0. The Labute approximate surface area is 281 Å². The van der Waals surface area contributed by atoms with Gasteiger partial charge in [-0.15, -0.1) is 0 Å². The van der Waals surface area contributed by atoms with Gasteiger partial charge in [-0.05, 0) is 27.8 Å². The zero-order valence-corrected chi connectivity index (χ0v) is 26.6. The van der Waals surface area contributed by atoms with E-state index in [-0.39, 0.29) is 31.3 Å². The highest BCUT2D eigenvalue weighted by molar-refractivity contribution is 7.99. The quantitative estimate of drug-likeness (QED) is 0.0615. The Kier molecular flexibility index (Phi) is 10.4. The molecule has 5 aromatic rings. The highest BCUT2D eigenvalue weighted by Crippen LogP contribution is 2.43. The van der Waals surface area contributed by atoms with Gasteiger partial charge in [0.05, 0.1) is 18.8 Å². The fourth-order valence-corrected chi connectivity index (χ4v) is 6.52. The maximum atomic E-state index is 14.2. The van der Waals surface area contributed by atoms with Crippen molar-refractivity contribution in [3.8, 4) is 11.1 Å². The average molecular weight is 697 g/mol. The molecule has 49 heavy (non-hydrogen) atoms. The van der Waals surface area contributed by atoms with E-state index < -0.39 is 46.8 Å². The van der Waals surface area contributed by atoms with Gasteiger partial charge >= 0.3 is 0 Å². The number of hydrogen-bond donors (Lipinski definition) is 3. The van der Waals surface area contributed by atoms with Crippen LogP contribution in [0.5, 0.6) is 0 Å². The lowest BCUT2D eigenvalue weighted by molar-refractivity contribution is -0.268. The van der Waals surface area contributed by atoms with Gasteiger partial charge < -0.3 is 19.9 Å². The summed E-state index contributed by atoms with van der Waals surface area (Å²) in [6.07, 6.45) is 0.141. The predicted octanol–water partition coefficient (Wildman–Crippen LogP) is 7.17. The molecule has 4 aromatic carbocycles. The normalized spacial score (nSPS) is 19.2. The van der Waals surface area contributed by atoms with Crippen molar-refractivity contribution in [2.75, 3.05) is 5.75 Å². The number of benzene rings is 4. The minimum atomic E-state index is -2.34. The molecule has 3 N–H and O–H groups in total. The number of aromatic nitrogens is 3. The first kappa shape index (κ1) is 34.2. The molecule has 0 bridgehead atoms. The molecule has 4 unspecified atom stereocenters. The van der Waals surface area contributed by atoms with Crippen LogP contribution < -0.4 is 5.32 Å². The summed E-state index contributed by atoms with van der Waals surface area (Å²) in [6, 6.07) is 21.8. The maximum Gasteiger partial charge on any atom is 0.257 e. The van der Waals surface area contributed by atoms with E-state index in [9.17, 15) is 31.9 Å². The third kappa shape index (κ3) is 7.22. The molecular weight excluding hydrogens is 667 g/mol. The lowest BCUT2D eigenvalue weighted by Crippen LogP contribution is -2.38. The zero-order chi connectivity index (χ0) is 34.7. The topological polar surface area (TPSA) is 109 Å². The number of ether oxygens (including phenoxy) is 2. The second kappa shape index (κ2) is 14.9. The number of nitrogens with zero attached hydrogens (tertiary/aromatic N) is 2. The van der Waals surface area contributed by atoms with Gasteiger partial charge in [0.15, 0.2) is 34.7 Å². The first-order valence-corrected chi connectivity index (χ1v) is 16.1. The molecule has 4 atom stereocenters. The molecule has 0 aliphatic carbocycles. The molecule has 2 heterocycles. The fraction of sp³-hybridized carbons (Fsp3) is 0.229. The van der Waals surface area contributed by atoms with E-state index in [4.69, 9.17) is 9.47 Å². The van der Waals surface area contributed by atoms with Crippen LogP contribution in [-0.4, -0.2) is 38.1 Å². The number of aliphatic hydroxyl groups excluding tert-OH is 1. The van der Waals surface area contributed by atoms with E-state index in [1.165, 1.54) is 18.1 Å². The van der Waals surface area contributed by atoms with Gasteiger partial charge in [0.2, 0.25) is 5.82 Å². The van der Waals surface area contributed by atoms with Crippen LogP contribution in [0.15, 0.2) is 84.3 Å². The van der Waals surface area contributed by atoms with Crippen LogP contribution in [0.25, 0.3) is 11.1 Å². The molecule has 0 spiro atoms. The summed E-state index contributed by atoms with van der Waals surface area (Å²) in [5.74, 6) is -12.1. The van der Waals surface area contributed by atoms with Gasteiger partial charge in [0, 0.05) is 23.8 Å². The molecule has 254 valence electrons. The number of rotatable bonds is 10. The van der Waals surface area contributed by atoms with Gasteiger partial charge in [-0.25, -0.2) is 26.9 Å². The Balaban J connectivity index is 1.21. The predicted molar refractivity (Wildman–Crippen MR) is 169 cm³/mol. The monoisotopic (exact) mass is 696 g/mol. The van der Waals surface area contributed by atoms with Crippen molar-refractivity contribution < 1.29 is 41.3 Å². The third-order valence-electron chi connectivity index (χ3n) is 8.29. The Morgan fingerprint density at radius 2 is 1.53 bits per heavy atom. The van der Waals surface area contributed by atoms with Crippen LogP contribution >= 0.6 is 11.8 Å². The van der Waals surface area contributed by atoms with E-state index in [2.05, 4.69) is 27.4 Å². The van der Waals surface area contributed by atoms with Crippen LogP contribution in [0, 0.1) is 35.0 Å². The lowest BCUT2D eigenvalue weighted by Gasteiger charge is -2.41. The molecule has 8 nitrogen and oxygen atoms in total. The van der Waals surface area contributed by atoms with Gasteiger partial charge in [-0.2, -0.15) is 5.10 Å². The Morgan fingerprint density at radius 1 is 0.878 bits per heavy atom. The molecule has 0 radical (unpaired) electrons. The molecule has 1 aliphatic heterocycles. The minimum Gasteiger partial charge on any atom is -0.392 e. The molecule has 6 rings (SSSR count). The SMILES string of the molecule is CC1C(CSc2ncn[nH]2)OC(c2ccc(-c3ccccc3CNC(=O)c3c(F)c(F)c(F)c(F)c3F)cc2)OC1c1ccc(CO)cc1. The van der Waals surface area contributed by atoms with Crippen molar-refractivity contribution in [3.05, 3.63) is 136 Å². The highest BCUT2D eigenvalue weighted by atomic mass is 32.2. The molecule has 1 aromatic heterocycles. The Morgan fingerprint density at radius 3 is 2.18 bits per heavy atom. The Bertz CT molecular complexity index is 1900. The van der Waals surface area contributed by atoms with Crippen molar-refractivity contribution in [2.45, 2.75) is 43.7 Å². The highest BCUT2D eigenvalue weighted by Gasteiger charge is 2.38. The molecule has 1 aliphatic rings. The van der Waals surface area contributed by atoms with Gasteiger partial charge in [-0.3, -0.25) is 9.89 Å². The summed E-state index contributed by atoms with van der Waals surface area (Å²) < 4.78 is 82.2. The van der Waals surface area contributed by atoms with Gasteiger partial charge in [-0.1, -0.05) is 91.5 Å². The van der Waals surface area contributed by atoms with E-state index in [1.54, 1.807) is 24.3 Å². The van der Waals surface area contributed by atoms with Gasteiger partial charge in [0.1, 0.15) is 11.9 Å². The van der Waals surface area contributed by atoms with Gasteiger partial charge in [0.25, 0.3) is 5.91 Å². The molecule has 1 fully saturated rings. The zero-order valence-electron chi connectivity index (χ0n) is 25.8. The third-order valence-corrected chi connectivity index (χ3v) is 9.25. The fourth-order valence-electron chi connectivity index (χ4n) is 5.58. The first-order valence-electron chi connectivity index (χ1n) is 15.1. The smallest absolute Gasteiger partial charge is 0.257 e. The number of carbonyl (C=O) groups excluding carboxylic acids is 1. The van der Waals surface area contributed by atoms with Crippen LogP contribution in [-0.2, 0) is 22.6 Å². The average Bonchev–Trinajstić information content (AvgIpc) is 3.66. The van der Waals surface area contributed by atoms with Crippen LogP contribution in [0.3, 0.4) is 0 Å². The molecule has 1 amide bonds. The number of amides is 1. The first-order chi connectivity index (χ1) is 23.7. The second-order valence-electron chi connectivity index (χ2n) is 11.3. The number of halogens is 5. The summed E-state index contributed by atoms with van der Waals surface area (Å²) in [4.78, 5) is 16.8. The van der Waals surface area contributed by atoms with E-state index >= 15 is 0 Å². The number of thioether (sulfide) groups is 1. The molecule has 14 heteroatoms. The molecular formula is C35H29F5N4O4S. The maximum absolute atomic E-state index is 14.2. The molecule has 1 saturated heterocycles. The van der Waals surface area contributed by atoms with E-state index in [1.807, 2.05) is 48.5 Å². The van der Waals surface area contributed by atoms with Crippen molar-refractivity contribution in [3.63, 3.8) is 0 Å². The number of carbonyl (C=O) groups is 1. The standard InChI is InChI=1S/C35H29F5N4O4S/c1-18-25(16-49-35-42-17-43-44-35)47-34(48-32(18)21-8-6-19(15-45)7-9-21)22-12-10-20(11-13-22)24-5-3-2-4-23(24)14-41-33(46)26-27(36)29(38)31(40)30(39)28(26)37/h2-13,17-18,25,32,34,45H,14-16H2,1H3,(H,41,46)(H,42,43,44). The van der Waals surface area contributed by atoms with Crippen LogP contribution in [0.1, 0.15) is 51.9 Å². The largest absolute Gasteiger partial charge is 0.392 e. The lowest BCUT2D eigenvalue weighted by atomic mass is 9.91. The number of aromatic amines is 1. The van der Waals surface area contributed by atoms with Crippen LogP contribution in [0.4, 0.5) is 22.0 Å². The number of nitrogens with one attached hydrogen (secondary N) is 2. The number of aliphatic hydroxyl groups is 1. The molecule has 0 saturated carbocycles. The van der Waals surface area contributed by atoms with E-state index in [0.29, 0.717) is 22.0 Å². The van der Waals surface area contributed by atoms with Crippen molar-refractivity contribution >= 4 is 17.7 Å². The minimum absolute atomic E-state index is 0.0437. The van der Waals surface area contributed by atoms with Crippen molar-refractivity contribution in [1.82, 2.24) is 20.5 Å². The van der Waals surface area contributed by atoms with E-state index in [0.717, 1.165) is 22.3 Å². The summed E-state index contributed by atoms with van der Waals surface area (Å²) in [6.45, 7) is 1.72. The summed E-state index contributed by atoms with van der Waals surface area (Å²) in [5.41, 5.74) is 2.81. The summed E-state index contributed by atoms with van der Waals surface area (Å²) >= 11 is 1.48. The Hall–Kier alpha value is -4.63.